The Labute approximate surface area is 154 Å². The van der Waals surface area contributed by atoms with Crippen molar-refractivity contribution in [3.05, 3.63) is 21.3 Å². The van der Waals surface area contributed by atoms with Gasteiger partial charge in [-0.15, -0.1) is 11.3 Å². The van der Waals surface area contributed by atoms with Crippen LogP contribution in [-0.2, 0) is 11.3 Å². The topological polar surface area (TPSA) is 38.0 Å². The molecule has 6 heteroatoms. The van der Waals surface area contributed by atoms with Crippen LogP contribution in [0.25, 0.3) is 0 Å². The highest BCUT2D eigenvalue weighted by Gasteiger charge is 2.27. The second-order valence-electron chi connectivity index (χ2n) is 7.50. The van der Waals surface area contributed by atoms with Crippen LogP contribution < -0.4 is 15.1 Å². The highest BCUT2D eigenvalue weighted by Crippen LogP contribution is 2.23. The largest absolute Gasteiger partial charge is 0.348 e. The van der Waals surface area contributed by atoms with Crippen molar-refractivity contribution in [1.29, 1.82) is 0 Å². The van der Waals surface area contributed by atoms with Crippen molar-refractivity contribution in [2.45, 2.75) is 45.2 Å². The van der Waals surface area contributed by atoms with Gasteiger partial charge in [-0.25, -0.2) is 0 Å². The van der Waals surface area contributed by atoms with Gasteiger partial charge < -0.3 is 15.1 Å². The number of carbonyl (C=O) groups is 1. The van der Waals surface area contributed by atoms with E-state index in [1.54, 1.807) is 16.2 Å². The Bertz CT molecular complexity index is 542. The molecule has 0 unspecified atom stereocenters. The minimum Gasteiger partial charge on any atom is -0.348 e. The molecular formula is C18H30ClN3OS+2. The minimum atomic E-state index is 0.247. The Morgan fingerprint density at radius 3 is 2.58 bits per heavy atom. The van der Waals surface area contributed by atoms with Crippen LogP contribution in [0.1, 0.15) is 37.5 Å². The fourth-order valence-electron chi connectivity index (χ4n) is 4.02. The van der Waals surface area contributed by atoms with Gasteiger partial charge in [0.2, 0.25) is 0 Å². The molecule has 1 aromatic heterocycles. The second-order valence-corrected chi connectivity index (χ2v) is 9.29. The van der Waals surface area contributed by atoms with Crippen molar-refractivity contribution in [3.63, 3.8) is 0 Å². The number of halogens is 1. The number of hydrogen-bond donors (Lipinski definition) is 3. The van der Waals surface area contributed by atoms with Gasteiger partial charge in [-0.2, -0.15) is 0 Å². The van der Waals surface area contributed by atoms with Crippen molar-refractivity contribution in [3.8, 4) is 0 Å². The fraction of sp³-hybridized carbons (Fsp3) is 0.722. The number of hydrogen-bond acceptors (Lipinski definition) is 2. The third-order valence-electron chi connectivity index (χ3n) is 5.59. The van der Waals surface area contributed by atoms with E-state index < -0.39 is 0 Å². The molecule has 0 bridgehead atoms. The van der Waals surface area contributed by atoms with Crippen molar-refractivity contribution in [1.82, 2.24) is 5.32 Å². The van der Waals surface area contributed by atoms with Crippen LogP contribution in [0, 0.1) is 5.92 Å². The molecular weight excluding hydrogens is 342 g/mol. The van der Waals surface area contributed by atoms with E-state index in [9.17, 15) is 4.79 Å². The quantitative estimate of drug-likeness (QED) is 0.688. The molecule has 4 nitrogen and oxygen atoms in total. The summed E-state index contributed by atoms with van der Waals surface area (Å²) in [5.41, 5.74) is 0. The lowest BCUT2D eigenvalue weighted by Crippen LogP contribution is -3.28. The number of quaternary nitrogens is 2. The van der Waals surface area contributed by atoms with Crippen LogP contribution >= 0.6 is 22.9 Å². The predicted octanol–water partition coefficient (Wildman–Crippen LogP) is 0.380. The summed E-state index contributed by atoms with van der Waals surface area (Å²) in [4.78, 5) is 16.8. The molecule has 0 spiro atoms. The number of carbonyl (C=O) groups excluding carboxylic acids is 1. The van der Waals surface area contributed by atoms with Crippen molar-refractivity contribution < 1.29 is 14.6 Å². The highest BCUT2D eigenvalue weighted by molar-refractivity contribution is 7.16. The standard InChI is InChI=1S/C18H28ClN3OS/c1-14-4-2-3-5-16(14)20-18(23)13-22-10-8-21(9-11-22)12-15-6-7-17(19)24-15/h6-7,14,16H,2-5,8-13H2,1H3,(H,20,23)/p+2/t14-,16-/m1/s1. The lowest BCUT2D eigenvalue weighted by molar-refractivity contribution is -1.01. The van der Waals surface area contributed by atoms with Gasteiger partial charge in [0, 0.05) is 6.04 Å². The summed E-state index contributed by atoms with van der Waals surface area (Å²) in [6.07, 6.45) is 4.99. The van der Waals surface area contributed by atoms with Crippen LogP contribution in [0.4, 0.5) is 0 Å². The fourth-order valence-corrected chi connectivity index (χ4v) is 5.18. The van der Waals surface area contributed by atoms with Gasteiger partial charge in [-0.1, -0.05) is 31.4 Å². The number of rotatable bonds is 5. The van der Waals surface area contributed by atoms with Gasteiger partial charge in [-0.3, -0.25) is 4.79 Å². The molecule has 3 rings (SSSR count). The third kappa shape index (κ3) is 5.19. The molecule has 3 N–H and O–H groups in total. The molecule has 2 atom stereocenters. The molecule has 2 fully saturated rings. The molecule has 2 aliphatic rings. The summed E-state index contributed by atoms with van der Waals surface area (Å²) >= 11 is 7.70. The van der Waals surface area contributed by atoms with E-state index in [4.69, 9.17) is 11.6 Å². The van der Waals surface area contributed by atoms with Gasteiger partial charge >= 0.3 is 0 Å². The zero-order chi connectivity index (χ0) is 16.9. The van der Waals surface area contributed by atoms with E-state index in [0.717, 1.165) is 43.5 Å². The summed E-state index contributed by atoms with van der Waals surface area (Å²) in [7, 11) is 0. The van der Waals surface area contributed by atoms with Crippen LogP contribution in [0.2, 0.25) is 4.34 Å². The molecule has 0 radical (unpaired) electrons. The van der Waals surface area contributed by atoms with E-state index in [1.165, 1.54) is 29.0 Å². The summed E-state index contributed by atoms with van der Waals surface area (Å²) in [5.74, 6) is 0.883. The van der Waals surface area contributed by atoms with Crippen LogP contribution in [-0.4, -0.2) is 44.7 Å². The summed E-state index contributed by atoms with van der Waals surface area (Å²) in [6.45, 7) is 8.42. The van der Waals surface area contributed by atoms with E-state index in [0.29, 0.717) is 18.5 Å². The summed E-state index contributed by atoms with van der Waals surface area (Å²) in [6, 6.07) is 4.53. The first kappa shape index (κ1) is 18.2. The van der Waals surface area contributed by atoms with Crippen molar-refractivity contribution in [2.75, 3.05) is 32.7 Å². The maximum Gasteiger partial charge on any atom is 0.275 e. The van der Waals surface area contributed by atoms with Crippen LogP contribution in [0.3, 0.4) is 0 Å². The maximum absolute atomic E-state index is 12.3. The Kier molecular flexibility index (Phi) is 6.56. The third-order valence-corrected chi connectivity index (χ3v) is 6.82. The Balaban J connectivity index is 1.37. The van der Waals surface area contributed by atoms with Gasteiger partial charge in [0.15, 0.2) is 6.54 Å². The number of nitrogens with one attached hydrogen (secondary N) is 3. The van der Waals surface area contributed by atoms with Crippen molar-refractivity contribution in [2.24, 2.45) is 5.92 Å². The van der Waals surface area contributed by atoms with Gasteiger partial charge in [-0.05, 0) is 30.9 Å². The van der Waals surface area contributed by atoms with Gasteiger partial charge in [0.05, 0.1) is 9.21 Å². The molecule has 1 saturated heterocycles. The first-order valence-corrected chi connectivity index (χ1v) is 10.5. The van der Waals surface area contributed by atoms with E-state index in [-0.39, 0.29) is 5.91 Å². The van der Waals surface area contributed by atoms with Gasteiger partial charge in [0.25, 0.3) is 5.91 Å². The first-order valence-electron chi connectivity index (χ1n) is 9.31. The monoisotopic (exact) mass is 371 g/mol. The highest BCUT2D eigenvalue weighted by atomic mass is 35.5. The predicted molar refractivity (Wildman–Crippen MR) is 98.9 cm³/mol. The molecule has 0 aromatic carbocycles. The van der Waals surface area contributed by atoms with E-state index in [2.05, 4.69) is 18.3 Å². The summed E-state index contributed by atoms with van der Waals surface area (Å²) in [5, 5.41) is 3.29. The SMILES string of the molecule is C[C@@H]1CCCC[C@H]1NC(=O)C[NH+]1CC[NH+](Cc2ccc(Cl)s2)CC1. The Hall–Kier alpha value is -0.620. The molecule has 2 heterocycles. The molecule has 1 aliphatic carbocycles. The average molecular weight is 372 g/mol. The molecule has 1 amide bonds. The number of amides is 1. The Morgan fingerprint density at radius 2 is 1.92 bits per heavy atom. The van der Waals surface area contributed by atoms with Gasteiger partial charge in [0.1, 0.15) is 32.7 Å². The zero-order valence-corrected chi connectivity index (χ0v) is 16.1. The lowest BCUT2D eigenvalue weighted by atomic mass is 9.86. The first-order chi connectivity index (χ1) is 11.6. The smallest absolute Gasteiger partial charge is 0.275 e. The molecule has 24 heavy (non-hydrogen) atoms. The molecule has 1 saturated carbocycles. The van der Waals surface area contributed by atoms with E-state index >= 15 is 0 Å². The second kappa shape index (κ2) is 8.65. The summed E-state index contributed by atoms with van der Waals surface area (Å²) < 4.78 is 0.877. The number of thiophene rings is 1. The maximum atomic E-state index is 12.3. The lowest BCUT2D eigenvalue weighted by Gasteiger charge is -2.31. The van der Waals surface area contributed by atoms with Crippen LogP contribution in [0.5, 0.6) is 0 Å². The normalized spacial score (nSPS) is 30.9. The van der Waals surface area contributed by atoms with Crippen molar-refractivity contribution >= 4 is 28.8 Å². The Morgan fingerprint density at radius 1 is 1.21 bits per heavy atom. The molecule has 1 aromatic rings. The van der Waals surface area contributed by atoms with Crippen LogP contribution in [0.15, 0.2) is 12.1 Å². The molecule has 134 valence electrons. The zero-order valence-electron chi connectivity index (χ0n) is 14.6. The average Bonchev–Trinajstić information content (AvgIpc) is 2.96. The minimum absolute atomic E-state index is 0.247. The number of piperazine rings is 1. The van der Waals surface area contributed by atoms with E-state index in [1.807, 2.05) is 6.07 Å². The molecule has 1 aliphatic heterocycles.